The second-order valence-electron chi connectivity index (χ2n) is 7.05. The van der Waals surface area contributed by atoms with Gasteiger partial charge in [-0.25, -0.2) is 9.67 Å². The lowest BCUT2D eigenvalue weighted by Gasteiger charge is -2.32. The van der Waals surface area contributed by atoms with Crippen LogP contribution in [0.25, 0.3) is 5.69 Å². The van der Waals surface area contributed by atoms with Gasteiger partial charge in [0.1, 0.15) is 5.82 Å². The highest BCUT2D eigenvalue weighted by Crippen LogP contribution is 2.22. The predicted molar refractivity (Wildman–Crippen MR) is 112 cm³/mol. The summed E-state index contributed by atoms with van der Waals surface area (Å²) in [6, 6.07) is 7.93. The number of benzene rings is 1. The number of para-hydroxylation sites is 1. The largest absolute Gasteiger partial charge is 0.334 e. The summed E-state index contributed by atoms with van der Waals surface area (Å²) in [5.74, 6) is 0.908. The van der Waals surface area contributed by atoms with Crippen molar-refractivity contribution in [1.29, 1.82) is 0 Å². The molecule has 28 heavy (non-hydrogen) atoms. The molecule has 0 spiro atoms. The van der Waals surface area contributed by atoms with Gasteiger partial charge in [0.2, 0.25) is 5.82 Å². The van der Waals surface area contributed by atoms with Gasteiger partial charge < -0.3 is 10.2 Å². The summed E-state index contributed by atoms with van der Waals surface area (Å²) in [4.78, 5) is 21.9. The third kappa shape index (κ3) is 4.17. The van der Waals surface area contributed by atoms with Crippen LogP contribution in [-0.2, 0) is 6.42 Å². The van der Waals surface area contributed by atoms with Crippen LogP contribution in [0.1, 0.15) is 29.8 Å². The highest BCUT2D eigenvalue weighted by molar-refractivity contribution is 6.32. The zero-order valence-corrected chi connectivity index (χ0v) is 17.5. The number of nitrogens with zero attached hydrogens (tertiary/aromatic N) is 5. The van der Waals surface area contributed by atoms with Crippen molar-refractivity contribution in [2.45, 2.75) is 25.8 Å². The number of hydrogen-bond acceptors (Lipinski definition) is 5. The number of amides is 1. The van der Waals surface area contributed by atoms with Gasteiger partial charge in [0.15, 0.2) is 0 Å². The lowest BCUT2D eigenvalue weighted by molar-refractivity contribution is 0.0761. The molecule has 4 rings (SSSR count). The lowest BCUT2D eigenvalue weighted by Crippen LogP contribution is -2.49. The number of carbonyl (C=O) groups excluding carboxylic acids is 1. The maximum atomic E-state index is 13.0. The van der Waals surface area contributed by atoms with E-state index in [0.29, 0.717) is 17.5 Å². The summed E-state index contributed by atoms with van der Waals surface area (Å²) in [6.45, 7) is 7.65. The highest BCUT2D eigenvalue weighted by Gasteiger charge is 2.33. The first-order chi connectivity index (χ1) is 13.2. The van der Waals surface area contributed by atoms with Crippen molar-refractivity contribution in [2.24, 2.45) is 0 Å². The van der Waals surface area contributed by atoms with Gasteiger partial charge in [0.25, 0.3) is 5.91 Å². The Labute approximate surface area is 176 Å². The number of nitrogens with one attached hydrogen (secondary N) is 1. The molecule has 3 heterocycles. The molecule has 2 aliphatic heterocycles. The number of aromatic nitrogens is 3. The second kappa shape index (κ2) is 9.22. The van der Waals surface area contributed by atoms with E-state index in [2.05, 4.69) is 20.3 Å². The second-order valence-corrected chi connectivity index (χ2v) is 7.46. The van der Waals surface area contributed by atoms with Crippen LogP contribution >= 0.6 is 24.0 Å². The van der Waals surface area contributed by atoms with Crippen LogP contribution in [0.15, 0.2) is 24.3 Å². The molecule has 1 amide bonds. The number of rotatable bonds is 4. The van der Waals surface area contributed by atoms with Crippen molar-refractivity contribution >= 4 is 29.9 Å². The van der Waals surface area contributed by atoms with E-state index in [0.717, 1.165) is 57.2 Å². The number of carbonyl (C=O) groups is 1. The topological polar surface area (TPSA) is 66.3 Å². The van der Waals surface area contributed by atoms with Crippen molar-refractivity contribution in [3.63, 3.8) is 0 Å². The van der Waals surface area contributed by atoms with Crippen molar-refractivity contribution < 1.29 is 4.79 Å². The summed E-state index contributed by atoms with van der Waals surface area (Å²) in [5.41, 5.74) is 0.752. The van der Waals surface area contributed by atoms with Crippen molar-refractivity contribution in [1.82, 2.24) is 29.9 Å². The van der Waals surface area contributed by atoms with Gasteiger partial charge in [0, 0.05) is 51.7 Å². The Balaban J connectivity index is 0.00000225. The molecule has 0 bridgehead atoms. The molecule has 1 unspecified atom stereocenters. The first kappa shape index (κ1) is 21.0. The third-order valence-electron chi connectivity index (χ3n) is 5.38. The molecule has 152 valence electrons. The molecule has 9 heteroatoms. The van der Waals surface area contributed by atoms with Crippen molar-refractivity contribution in [3.05, 3.63) is 40.9 Å². The Bertz CT molecular complexity index is 821. The molecule has 2 aromatic rings. The molecule has 1 aromatic heterocycles. The lowest BCUT2D eigenvalue weighted by atomic mass is 10.2. The van der Waals surface area contributed by atoms with Crippen molar-refractivity contribution in [3.8, 4) is 5.69 Å². The molecule has 1 atom stereocenters. The summed E-state index contributed by atoms with van der Waals surface area (Å²) >= 11 is 6.31. The van der Waals surface area contributed by atoms with Gasteiger partial charge in [-0.15, -0.1) is 17.5 Å². The van der Waals surface area contributed by atoms with Crippen LogP contribution < -0.4 is 5.32 Å². The minimum absolute atomic E-state index is 0. The fourth-order valence-electron chi connectivity index (χ4n) is 3.89. The molecule has 2 fully saturated rings. The quantitative estimate of drug-likeness (QED) is 0.812. The molecule has 0 aliphatic carbocycles. The van der Waals surface area contributed by atoms with Crippen LogP contribution in [0.4, 0.5) is 0 Å². The van der Waals surface area contributed by atoms with E-state index < -0.39 is 0 Å². The predicted octanol–water partition coefficient (Wildman–Crippen LogP) is 2.02. The zero-order chi connectivity index (χ0) is 18.8. The maximum Gasteiger partial charge on any atom is 0.293 e. The maximum absolute atomic E-state index is 13.0. The van der Waals surface area contributed by atoms with Crippen LogP contribution in [0.2, 0.25) is 5.02 Å². The molecular weight excluding hydrogens is 399 g/mol. The monoisotopic (exact) mass is 424 g/mol. The Morgan fingerprint density at radius 2 is 2.00 bits per heavy atom. The van der Waals surface area contributed by atoms with E-state index >= 15 is 0 Å². The van der Waals surface area contributed by atoms with Gasteiger partial charge >= 0.3 is 0 Å². The SMILES string of the molecule is CCc1nc(C(=O)N2CCC(N3CCNCC3)C2)nn1-c1ccccc1Cl.Cl. The average Bonchev–Trinajstić information content (AvgIpc) is 3.36. The van der Waals surface area contributed by atoms with Gasteiger partial charge in [0.05, 0.1) is 10.7 Å². The number of hydrogen-bond donors (Lipinski definition) is 1. The Hall–Kier alpha value is -1.67. The van der Waals surface area contributed by atoms with E-state index in [4.69, 9.17) is 11.6 Å². The standard InChI is InChI=1S/C19H25ClN6O.ClH/c1-2-17-22-18(23-26(17)16-6-4-3-5-15(16)20)19(27)25-10-7-14(13-25)24-11-8-21-9-12-24;/h3-6,14,21H,2,7-13H2,1H3;1H. The van der Waals surface area contributed by atoms with Gasteiger partial charge in [-0.05, 0) is 18.6 Å². The molecule has 7 nitrogen and oxygen atoms in total. The summed E-state index contributed by atoms with van der Waals surface area (Å²) in [5, 5.41) is 8.47. The normalized spacial score (nSPS) is 20.2. The summed E-state index contributed by atoms with van der Waals surface area (Å²) in [6.07, 6.45) is 1.69. The fourth-order valence-corrected chi connectivity index (χ4v) is 4.11. The zero-order valence-electron chi connectivity index (χ0n) is 16.0. The molecule has 2 saturated heterocycles. The molecule has 1 N–H and O–H groups in total. The number of halogens is 2. The molecule has 0 saturated carbocycles. The highest BCUT2D eigenvalue weighted by atomic mass is 35.5. The van der Waals surface area contributed by atoms with Crippen LogP contribution in [0.3, 0.4) is 0 Å². The molecular formula is C19H26Cl2N6O. The third-order valence-corrected chi connectivity index (χ3v) is 5.70. The van der Waals surface area contributed by atoms with E-state index in [1.807, 2.05) is 36.1 Å². The van der Waals surface area contributed by atoms with E-state index in [9.17, 15) is 4.79 Å². The smallest absolute Gasteiger partial charge is 0.293 e. The molecule has 2 aliphatic rings. The Morgan fingerprint density at radius 3 is 2.71 bits per heavy atom. The number of aryl methyl sites for hydroxylation is 1. The minimum Gasteiger partial charge on any atom is -0.334 e. The van der Waals surface area contributed by atoms with Gasteiger partial charge in [-0.2, -0.15) is 0 Å². The van der Waals surface area contributed by atoms with Gasteiger partial charge in [-0.3, -0.25) is 9.69 Å². The fraction of sp³-hybridized carbons (Fsp3) is 0.526. The van der Waals surface area contributed by atoms with E-state index in [-0.39, 0.29) is 24.1 Å². The van der Waals surface area contributed by atoms with Crippen LogP contribution in [-0.4, -0.2) is 75.8 Å². The average molecular weight is 425 g/mol. The summed E-state index contributed by atoms with van der Waals surface area (Å²) < 4.78 is 1.69. The van der Waals surface area contributed by atoms with Gasteiger partial charge in [-0.1, -0.05) is 30.7 Å². The van der Waals surface area contributed by atoms with Crippen LogP contribution in [0, 0.1) is 0 Å². The Morgan fingerprint density at radius 1 is 1.25 bits per heavy atom. The van der Waals surface area contributed by atoms with E-state index in [1.165, 1.54) is 0 Å². The van der Waals surface area contributed by atoms with E-state index in [1.54, 1.807) is 4.68 Å². The molecule has 1 aromatic carbocycles. The van der Waals surface area contributed by atoms with Crippen molar-refractivity contribution in [2.75, 3.05) is 39.3 Å². The Kier molecular flexibility index (Phi) is 6.93. The minimum atomic E-state index is -0.0897. The first-order valence-electron chi connectivity index (χ1n) is 9.62. The first-order valence-corrected chi connectivity index (χ1v) is 10.00. The molecule has 0 radical (unpaired) electrons. The summed E-state index contributed by atoms with van der Waals surface area (Å²) in [7, 11) is 0. The number of likely N-dealkylation sites (tertiary alicyclic amines) is 1. The number of piperazine rings is 1. The van der Waals surface area contributed by atoms with Crippen LogP contribution in [0.5, 0.6) is 0 Å².